The molecule has 1 aliphatic heterocycles. The zero-order chi connectivity index (χ0) is 7.40. The van der Waals surface area contributed by atoms with Crippen LogP contribution in [-0.4, -0.2) is 23.0 Å². The SMILES string of the molecule is C=CN1C=CN(CCC)C1. The molecule has 0 saturated carbocycles. The number of hydrogen-bond donors (Lipinski definition) is 0. The van der Waals surface area contributed by atoms with Gasteiger partial charge in [-0.05, 0) is 12.6 Å². The van der Waals surface area contributed by atoms with Gasteiger partial charge in [0.05, 0.1) is 6.67 Å². The van der Waals surface area contributed by atoms with E-state index in [1.54, 1.807) is 0 Å². The van der Waals surface area contributed by atoms with Crippen molar-refractivity contribution in [1.29, 1.82) is 0 Å². The van der Waals surface area contributed by atoms with Crippen molar-refractivity contribution in [2.45, 2.75) is 13.3 Å². The van der Waals surface area contributed by atoms with Crippen LogP contribution < -0.4 is 0 Å². The van der Waals surface area contributed by atoms with Gasteiger partial charge >= 0.3 is 0 Å². The third-order valence-electron chi connectivity index (χ3n) is 1.56. The van der Waals surface area contributed by atoms with Crippen LogP contribution in [-0.2, 0) is 0 Å². The molecule has 0 fully saturated rings. The lowest BCUT2D eigenvalue weighted by Crippen LogP contribution is -2.22. The highest BCUT2D eigenvalue weighted by Crippen LogP contribution is 2.05. The molecule has 10 heavy (non-hydrogen) atoms. The Kier molecular flexibility index (Phi) is 2.37. The van der Waals surface area contributed by atoms with Gasteiger partial charge in [-0.15, -0.1) is 0 Å². The second kappa shape index (κ2) is 3.30. The first-order chi connectivity index (χ1) is 4.86. The fourth-order valence-corrected chi connectivity index (χ4v) is 1.03. The fourth-order valence-electron chi connectivity index (χ4n) is 1.03. The maximum atomic E-state index is 3.69. The van der Waals surface area contributed by atoms with Crippen molar-refractivity contribution < 1.29 is 0 Å². The van der Waals surface area contributed by atoms with Gasteiger partial charge in [0.15, 0.2) is 0 Å². The van der Waals surface area contributed by atoms with Gasteiger partial charge in [0, 0.05) is 18.9 Å². The Morgan fingerprint density at radius 2 is 2.40 bits per heavy atom. The van der Waals surface area contributed by atoms with Crippen LogP contribution in [0.3, 0.4) is 0 Å². The molecule has 1 heterocycles. The summed E-state index contributed by atoms with van der Waals surface area (Å²) < 4.78 is 0. The maximum absolute atomic E-state index is 3.69. The van der Waals surface area contributed by atoms with Crippen LogP contribution in [0.5, 0.6) is 0 Å². The van der Waals surface area contributed by atoms with Crippen molar-refractivity contribution in [2.24, 2.45) is 0 Å². The van der Waals surface area contributed by atoms with Crippen LogP contribution in [0, 0.1) is 0 Å². The van der Waals surface area contributed by atoms with Gasteiger partial charge in [0.2, 0.25) is 0 Å². The summed E-state index contributed by atoms with van der Waals surface area (Å²) in [6, 6.07) is 0. The van der Waals surface area contributed by atoms with Crippen LogP contribution in [0.25, 0.3) is 0 Å². The van der Waals surface area contributed by atoms with Crippen molar-refractivity contribution in [3.8, 4) is 0 Å². The normalized spacial score (nSPS) is 16.5. The van der Waals surface area contributed by atoms with Crippen LogP contribution >= 0.6 is 0 Å². The molecule has 0 aliphatic carbocycles. The van der Waals surface area contributed by atoms with Gasteiger partial charge in [-0.3, -0.25) is 0 Å². The summed E-state index contributed by atoms with van der Waals surface area (Å²) in [4.78, 5) is 4.33. The van der Waals surface area contributed by atoms with E-state index >= 15 is 0 Å². The summed E-state index contributed by atoms with van der Waals surface area (Å²) in [7, 11) is 0. The summed E-state index contributed by atoms with van der Waals surface area (Å²) >= 11 is 0. The minimum atomic E-state index is 0.970. The Morgan fingerprint density at radius 3 is 2.90 bits per heavy atom. The summed E-state index contributed by atoms with van der Waals surface area (Å²) in [5, 5.41) is 0. The highest BCUT2D eigenvalue weighted by atomic mass is 15.3. The number of nitrogens with zero attached hydrogens (tertiary/aromatic N) is 2. The van der Waals surface area contributed by atoms with Crippen molar-refractivity contribution in [3.63, 3.8) is 0 Å². The predicted octanol–water partition coefficient (Wildman–Crippen LogP) is 1.59. The third-order valence-corrected chi connectivity index (χ3v) is 1.56. The Balaban J connectivity index is 2.30. The first-order valence-electron chi connectivity index (χ1n) is 3.67. The molecular formula is C8H14N2. The van der Waals surface area contributed by atoms with Gasteiger partial charge in [0.25, 0.3) is 0 Å². The summed E-state index contributed by atoms with van der Waals surface area (Å²) in [6.07, 6.45) is 7.19. The second-order valence-corrected chi connectivity index (χ2v) is 2.45. The van der Waals surface area contributed by atoms with Crippen molar-refractivity contribution in [2.75, 3.05) is 13.2 Å². The molecule has 2 nitrogen and oxygen atoms in total. The molecule has 0 bridgehead atoms. The van der Waals surface area contributed by atoms with Crippen LogP contribution in [0.2, 0.25) is 0 Å². The van der Waals surface area contributed by atoms with E-state index in [1.165, 1.54) is 6.42 Å². The Hall–Kier alpha value is -0.920. The van der Waals surface area contributed by atoms with Crippen LogP contribution in [0.1, 0.15) is 13.3 Å². The molecular weight excluding hydrogens is 124 g/mol. The number of hydrogen-bond acceptors (Lipinski definition) is 2. The first kappa shape index (κ1) is 7.19. The Labute approximate surface area is 62.4 Å². The lowest BCUT2D eigenvalue weighted by molar-refractivity contribution is 0.315. The van der Waals surface area contributed by atoms with Crippen molar-refractivity contribution in [1.82, 2.24) is 9.80 Å². The van der Waals surface area contributed by atoms with E-state index in [0.717, 1.165) is 13.2 Å². The number of rotatable bonds is 3. The topological polar surface area (TPSA) is 6.48 Å². The molecule has 2 heteroatoms. The molecule has 0 aromatic rings. The van der Waals surface area contributed by atoms with Crippen molar-refractivity contribution >= 4 is 0 Å². The summed E-state index contributed by atoms with van der Waals surface area (Å²) in [6.45, 7) is 7.98. The fraction of sp³-hybridized carbons (Fsp3) is 0.500. The molecule has 0 amide bonds. The molecule has 0 unspecified atom stereocenters. The van der Waals surface area contributed by atoms with E-state index in [4.69, 9.17) is 0 Å². The molecule has 1 rings (SSSR count). The molecule has 0 aromatic carbocycles. The summed E-state index contributed by atoms with van der Waals surface area (Å²) in [5.41, 5.74) is 0. The molecule has 56 valence electrons. The average molecular weight is 138 g/mol. The van der Waals surface area contributed by atoms with Gasteiger partial charge in [-0.25, -0.2) is 0 Å². The zero-order valence-corrected chi connectivity index (χ0v) is 6.45. The minimum Gasteiger partial charge on any atom is -0.358 e. The molecule has 1 aliphatic rings. The van der Waals surface area contributed by atoms with Crippen LogP contribution in [0.15, 0.2) is 25.2 Å². The monoisotopic (exact) mass is 138 g/mol. The highest BCUT2D eigenvalue weighted by molar-refractivity contribution is 4.94. The van der Waals surface area contributed by atoms with E-state index in [2.05, 4.69) is 29.5 Å². The van der Waals surface area contributed by atoms with Gasteiger partial charge in [-0.1, -0.05) is 13.5 Å². The summed E-state index contributed by atoms with van der Waals surface area (Å²) in [5.74, 6) is 0. The van der Waals surface area contributed by atoms with Gasteiger partial charge in [-0.2, -0.15) is 0 Å². The van der Waals surface area contributed by atoms with Crippen LogP contribution in [0.4, 0.5) is 0 Å². The minimum absolute atomic E-state index is 0.970. The maximum Gasteiger partial charge on any atom is 0.0935 e. The smallest absolute Gasteiger partial charge is 0.0935 e. The predicted molar refractivity (Wildman–Crippen MR) is 43.0 cm³/mol. The quantitative estimate of drug-likeness (QED) is 0.584. The molecule has 0 N–H and O–H groups in total. The average Bonchev–Trinajstić information content (AvgIpc) is 2.37. The van der Waals surface area contributed by atoms with E-state index in [1.807, 2.05) is 12.4 Å². The standard InChI is InChI=1S/C8H14N2/c1-3-5-10-7-6-9(4-2)8-10/h4,6-7H,2-3,5,8H2,1H3. The van der Waals surface area contributed by atoms with Gasteiger partial charge in [0.1, 0.15) is 0 Å². The van der Waals surface area contributed by atoms with E-state index in [9.17, 15) is 0 Å². The van der Waals surface area contributed by atoms with E-state index < -0.39 is 0 Å². The lowest BCUT2D eigenvalue weighted by Gasteiger charge is -2.16. The van der Waals surface area contributed by atoms with E-state index in [-0.39, 0.29) is 0 Å². The Morgan fingerprint density at radius 1 is 1.60 bits per heavy atom. The molecule has 0 atom stereocenters. The molecule has 0 radical (unpaired) electrons. The van der Waals surface area contributed by atoms with E-state index in [0.29, 0.717) is 0 Å². The first-order valence-corrected chi connectivity index (χ1v) is 3.67. The molecule has 0 saturated heterocycles. The highest BCUT2D eigenvalue weighted by Gasteiger charge is 2.06. The van der Waals surface area contributed by atoms with Crippen molar-refractivity contribution in [3.05, 3.63) is 25.2 Å². The van der Waals surface area contributed by atoms with Gasteiger partial charge < -0.3 is 9.80 Å². The molecule has 0 spiro atoms. The third kappa shape index (κ3) is 1.53. The zero-order valence-electron chi connectivity index (χ0n) is 6.45. The Bertz CT molecular complexity index is 140. The molecule has 0 aromatic heterocycles. The second-order valence-electron chi connectivity index (χ2n) is 2.45. The lowest BCUT2D eigenvalue weighted by atomic mass is 10.4. The largest absolute Gasteiger partial charge is 0.358 e.